The van der Waals surface area contributed by atoms with Crippen LogP contribution in [0.2, 0.25) is 0 Å². The second-order valence-corrected chi connectivity index (χ2v) is 6.47. The maximum absolute atomic E-state index is 11.4. The van der Waals surface area contributed by atoms with Gasteiger partial charge in [0.15, 0.2) is 0 Å². The van der Waals surface area contributed by atoms with Crippen molar-refractivity contribution in [2.45, 2.75) is 13.8 Å². The van der Waals surface area contributed by atoms with Gasteiger partial charge in [-0.1, -0.05) is 43.8 Å². The Bertz CT molecular complexity index is 908. The standard InChI is InChI=1S/C22H22O4/c1-15(2)22(23)25-14-16(3)13-24-19-10-9-18-11-20(26-21(18)12-19)17-7-5-4-6-8-17/h4-12,16H,1,13-14H2,2-3H3. The number of fused-ring (bicyclic) bond motifs is 1. The first-order valence-electron chi connectivity index (χ1n) is 8.57. The Kier molecular flexibility index (Phi) is 5.42. The number of esters is 1. The topological polar surface area (TPSA) is 48.7 Å². The Balaban J connectivity index is 1.62. The molecule has 3 aromatic rings. The van der Waals surface area contributed by atoms with Crippen molar-refractivity contribution in [2.75, 3.05) is 13.2 Å². The lowest BCUT2D eigenvalue weighted by molar-refractivity contribution is -0.140. The first-order chi connectivity index (χ1) is 12.5. The smallest absolute Gasteiger partial charge is 0.333 e. The van der Waals surface area contributed by atoms with E-state index in [1.807, 2.05) is 61.5 Å². The maximum Gasteiger partial charge on any atom is 0.333 e. The lowest BCUT2D eigenvalue weighted by atomic mass is 10.1. The summed E-state index contributed by atoms with van der Waals surface area (Å²) in [6.45, 7) is 7.90. The average molecular weight is 350 g/mol. The molecular weight excluding hydrogens is 328 g/mol. The largest absolute Gasteiger partial charge is 0.493 e. The molecule has 0 radical (unpaired) electrons. The minimum absolute atomic E-state index is 0.0745. The van der Waals surface area contributed by atoms with E-state index in [1.165, 1.54) is 0 Å². The summed E-state index contributed by atoms with van der Waals surface area (Å²) in [5, 5.41) is 1.03. The van der Waals surface area contributed by atoms with Crippen LogP contribution < -0.4 is 4.74 Å². The van der Waals surface area contributed by atoms with E-state index < -0.39 is 0 Å². The van der Waals surface area contributed by atoms with Gasteiger partial charge in [0.05, 0.1) is 13.2 Å². The van der Waals surface area contributed by atoms with E-state index in [-0.39, 0.29) is 11.9 Å². The molecule has 0 aliphatic carbocycles. The van der Waals surface area contributed by atoms with Crippen LogP contribution >= 0.6 is 0 Å². The van der Waals surface area contributed by atoms with Gasteiger partial charge in [-0.05, 0) is 25.1 Å². The van der Waals surface area contributed by atoms with Gasteiger partial charge in [0, 0.05) is 28.5 Å². The third-order valence-electron chi connectivity index (χ3n) is 3.93. The van der Waals surface area contributed by atoms with Crippen LogP contribution in [0, 0.1) is 5.92 Å². The molecule has 1 unspecified atom stereocenters. The molecular formula is C22H22O4. The molecule has 0 N–H and O–H groups in total. The van der Waals surface area contributed by atoms with Crippen molar-refractivity contribution in [3.8, 4) is 17.1 Å². The number of carbonyl (C=O) groups is 1. The predicted molar refractivity (Wildman–Crippen MR) is 102 cm³/mol. The number of benzene rings is 2. The Labute approximate surface area is 153 Å². The highest BCUT2D eigenvalue weighted by molar-refractivity contribution is 5.87. The molecule has 0 amide bonds. The molecule has 0 fully saturated rings. The first kappa shape index (κ1) is 17.8. The SMILES string of the molecule is C=C(C)C(=O)OCC(C)COc1ccc2cc(-c3ccccc3)oc2c1. The summed E-state index contributed by atoms with van der Waals surface area (Å²) >= 11 is 0. The first-order valence-corrected chi connectivity index (χ1v) is 8.57. The van der Waals surface area contributed by atoms with Gasteiger partial charge in [0.1, 0.15) is 17.1 Å². The van der Waals surface area contributed by atoms with Crippen molar-refractivity contribution < 1.29 is 18.7 Å². The molecule has 134 valence electrons. The molecule has 0 saturated heterocycles. The van der Waals surface area contributed by atoms with Crippen molar-refractivity contribution in [3.63, 3.8) is 0 Å². The summed E-state index contributed by atoms with van der Waals surface area (Å²) in [4.78, 5) is 11.4. The van der Waals surface area contributed by atoms with Crippen LogP contribution in [0.15, 0.2) is 71.2 Å². The molecule has 0 bridgehead atoms. The number of rotatable bonds is 7. The fourth-order valence-corrected chi connectivity index (χ4v) is 2.47. The second-order valence-electron chi connectivity index (χ2n) is 6.47. The van der Waals surface area contributed by atoms with E-state index in [1.54, 1.807) is 6.92 Å². The van der Waals surface area contributed by atoms with Gasteiger partial charge in [-0.3, -0.25) is 0 Å². The van der Waals surface area contributed by atoms with Crippen LogP contribution in [-0.2, 0) is 9.53 Å². The van der Waals surface area contributed by atoms with E-state index in [2.05, 4.69) is 6.58 Å². The van der Waals surface area contributed by atoms with Crippen LogP contribution in [0.5, 0.6) is 5.75 Å². The normalized spacial score (nSPS) is 11.9. The van der Waals surface area contributed by atoms with Gasteiger partial charge < -0.3 is 13.9 Å². The lowest BCUT2D eigenvalue weighted by Gasteiger charge is -2.13. The van der Waals surface area contributed by atoms with Crippen LogP contribution in [-0.4, -0.2) is 19.2 Å². The van der Waals surface area contributed by atoms with Gasteiger partial charge in [0.2, 0.25) is 0 Å². The van der Waals surface area contributed by atoms with Crippen LogP contribution in [0.1, 0.15) is 13.8 Å². The minimum atomic E-state index is -0.373. The monoisotopic (exact) mass is 350 g/mol. The summed E-state index contributed by atoms with van der Waals surface area (Å²) in [7, 11) is 0. The summed E-state index contributed by atoms with van der Waals surface area (Å²) in [5.41, 5.74) is 2.22. The van der Waals surface area contributed by atoms with E-state index in [9.17, 15) is 4.79 Å². The molecule has 1 atom stereocenters. The Morgan fingerprint density at radius 2 is 1.88 bits per heavy atom. The Hall–Kier alpha value is -3.01. The molecule has 1 aromatic heterocycles. The molecule has 1 heterocycles. The quantitative estimate of drug-likeness (QED) is 0.432. The van der Waals surface area contributed by atoms with E-state index in [4.69, 9.17) is 13.9 Å². The Morgan fingerprint density at radius 1 is 1.12 bits per heavy atom. The molecule has 3 rings (SSSR count). The molecule has 4 nitrogen and oxygen atoms in total. The number of hydrogen-bond donors (Lipinski definition) is 0. The molecule has 2 aromatic carbocycles. The maximum atomic E-state index is 11.4. The minimum Gasteiger partial charge on any atom is -0.493 e. The lowest BCUT2D eigenvalue weighted by Crippen LogP contribution is -2.18. The van der Waals surface area contributed by atoms with Crippen molar-refractivity contribution in [1.82, 2.24) is 0 Å². The highest BCUT2D eigenvalue weighted by Crippen LogP contribution is 2.30. The van der Waals surface area contributed by atoms with Gasteiger partial charge in [-0.25, -0.2) is 4.79 Å². The van der Waals surface area contributed by atoms with Crippen molar-refractivity contribution in [3.05, 3.63) is 66.7 Å². The summed E-state index contributed by atoms with van der Waals surface area (Å²) in [5.74, 6) is 1.26. The van der Waals surface area contributed by atoms with Crippen molar-refractivity contribution in [1.29, 1.82) is 0 Å². The third kappa shape index (κ3) is 4.33. The molecule has 0 spiro atoms. The van der Waals surface area contributed by atoms with Gasteiger partial charge >= 0.3 is 5.97 Å². The number of carbonyl (C=O) groups excluding carboxylic acids is 1. The highest BCUT2D eigenvalue weighted by Gasteiger charge is 2.10. The zero-order valence-electron chi connectivity index (χ0n) is 15.0. The molecule has 0 saturated carbocycles. The van der Waals surface area contributed by atoms with Gasteiger partial charge in [0.25, 0.3) is 0 Å². The summed E-state index contributed by atoms with van der Waals surface area (Å²) in [6.07, 6.45) is 0. The molecule has 0 aliphatic heterocycles. The zero-order valence-corrected chi connectivity index (χ0v) is 15.0. The molecule has 0 aliphatic rings. The van der Waals surface area contributed by atoms with E-state index in [0.717, 1.165) is 28.0 Å². The van der Waals surface area contributed by atoms with Crippen LogP contribution in [0.3, 0.4) is 0 Å². The van der Waals surface area contributed by atoms with Gasteiger partial charge in [-0.15, -0.1) is 0 Å². The molecule has 4 heteroatoms. The average Bonchev–Trinajstić information content (AvgIpc) is 3.08. The number of furan rings is 1. The van der Waals surface area contributed by atoms with Crippen LogP contribution in [0.4, 0.5) is 0 Å². The fraction of sp³-hybridized carbons (Fsp3) is 0.227. The van der Waals surface area contributed by atoms with Crippen molar-refractivity contribution in [2.24, 2.45) is 5.92 Å². The highest BCUT2D eigenvalue weighted by atomic mass is 16.5. The third-order valence-corrected chi connectivity index (χ3v) is 3.93. The van der Waals surface area contributed by atoms with Crippen LogP contribution in [0.25, 0.3) is 22.3 Å². The number of hydrogen-bond acceptors (Lipinski definition) is 4. The van der Waals surface area contributed by atoms with Gasteiger partial charge in [-0.2, -0.15) is 0 Å². The Morgan fingerprint density at radius 3 is 2.62 bits per heavy atom. The molecule has 26 heavy (non-hydrogen) atoms. The number of ether oxygens (including phenoxy) is 2. The van der Waals surface area contributed by atoms with Crippen molar-refractivity contribution >= 4 is 16.9 Å². The predicted octanol–water partition coefficient (Wildman–Crippen LogP) is 5.23. The fourth-order valence-electron chi connectivity index (χ4n) is 2.47. The second kappa shape index (κ2) is 7.91. The van der Waals surface area contributed by atoms with E-state index in [0.29, 0.717) is 18.8 Å². The van der Waals surface area contributed by atoms with E-state index >= 15 is 0 Å². The summed E-state index contributed by atoms with van der Waals surface area (Å²) in [6, 6.07) is 17.8. The zero-order chi connectivity index (χ0) is 18.5. The summed E-state index contributed by atoms with van der Waals surface area (Å²) < 4.78 is 16.9.